The van der Waals surface area contributed by atoms with Crippen molar-refractivity contribution in [3.8, 4) is 0 Å². The van der Waals surface area contributed by atoms with Crippen LogP contribution in [0.4, 0.5) is 0 Å². The Morgan fingerprint density at radius 2 is 2.50 bits per heavy atom. The fourth-order valence-electron chi connectivity index (χ4n) is 1.05. The van der Waals surface area contributed by atoms with Crippen molar-refractivity contribution in [1.29, 1.82) is 0 Å². The highest BCUT2D eigenvalue weighted by Crippen LogP contribution is 2.30. The molecule has 0 aliphatic carbocycles. The molecule has 1 aromatic heterocycles. The summed E-state index contributed by atoms with van der Waals surface area (Å²) in [5.74, 6) is 0. The lowest BCUT2D eigenvalue weighted by Gasteiger charge is -1.98. The van der Waals surface area contributed by atoms with Crippen LogP contribution in [0.1, 0.15) is 10.9 Å². The van der Waals surface area contributed by atoms with Gasteiger partial charge in [0.1, 0.15) is 12.6 Å². The minimum absolute atomic E-state index is 0.0440. The molecule has 0 spiro atoms. The lowest BCUT2D eigenvalue weighted by molar-refractivity contribution is 0.316. The molecule has 1 unspecified atom stereocenters. The Labute approximate surface area is 78.8 Å². The third-order valence-electron chi connectivity index (χ3n) is 1.59. The summed E-state index contributed by atoms with van der Waals surface area (Å²) in [6.45, 7) is 0.530. The molecule has 12 heavy (non-hydrogen) atoms. The molecule has 1 aliphatic rings. The van der Waals surface area contributed by atoms with E-state index in [0.29, 0.717) is 6.61 Å². The summed E-state index contributed by atoms with van der Waals surface area (Å²) in [6.07, 6.45) is 0. The minimum atomic E-state index is 0.0440. The van der Waals surface area contributed by atoms with Gasteiger partial charge in [-0.2, -0.15) is 0 Å². The van der Waals surface area contributed by atoms with Gasteiger partial charge in [0.15, 0.2) is 0 Å². The van der Waals surface area contributed by atoms with Gasteiger partial charge in [-0.3, -0.25) is 0 Å². The molecule has 2 heterocycles. The third-order valence-corrected chi connectivity index (χ3v) is 2.93. The van der Waals surface area contributed by atoms with E-state index in [0.717, 1.165) is 9.21 Å². The number of rotatable bonds is 1. The van der Waals surface area contributed by atoms with Crippen LogP contribution in [-0.4, -0.2) is 12.6 Å². The minimum Gasteiger partial charge on any atom is -0.463 e. The molecule has 64 valence electrons. The second-order valence-corrected chi connectivity index (χ2v) is 4.18. The van der Waals surface area contributed by atoms with Gasteiger partial charge < -0.3 is 10.5 Å². The maximum absolute atomic E-state index is 5.77. The number of nitrogens with zero attached hydrogens (tertiary/aromatic N) is 1. The molecular formula is C7H7ClN2OS. The van der Waals surface area contributed by atoms with Crippen LogP contribution >= 0.6 is 22.9 Å². The molecular weight excluding hydrogens is 196 g/mol. The average molecular weight is 203 g/mol. The van der Waals surface area contributed by atoms with Crippen molar-refractivity contribution in [3.63, 3.8) is 0 Å². The van der Waals surface area contributed by atoms with Crippen LogP contribution in [0.25, 0.3) is 0 Å². The number of ether oxygens (including phenoxy) is 1. The van der Waals surface area contributed by atoms with Gasteiger partial charge in [0.25, 0.3) is 6.02 Å². The lowest BCUT2D eigenvalue weighted by Crippen LogP contribution is -2.10. The zero-order chi connectivity index (χ0) is 8.55. The Balaban J connectivity index is 2.21. The van der Waals surface area contributed by atoms with Crippen molar-refractivity contribution in [2.75, 3.05) is 6.61 Å². The number of hydrogen-bond donors (Lipinski definition) is 1. The number of nitrogens with two attached hydrogens (primary N) is 1. The quantitative estimate of drug-likeness (QED) is 0.755. The summed E-state index contributed by atoms with van der Waals surface area (Å²) < 4.78 is 5.79. The number of halogens is 1. The molecule has 0 saturated heterocycles. The van der Waals surface area contributed by atoms with E-state index >= 15 is 0 Å². The van der Waals surface area contributed by atoms with Crippen molar-refractivity contribution in [3.05, 3.63) is 21.3 Å². The molecule has 0 saturated carbocycles. The van der Waals surface area contributed by atoms with Gasteiger partial charge in [-0.25, -0.2) is 4.99 Å². The molecule has 0 aromatic carbocycles. The molecule has 5 heteroatoms. The molecule has 2 N–H and O–H groups in total. The van der Waals surface area contributed by atoms with Gasteiger partial charge in [-0.15, -0.1) is 11.3 Å². The first kappa shape index (κ1) is 7.89. The highest BCUT2D eigenvalue weighted by atomic mass is 35.5. The van der Waals surface area contributed by atoms with Gasteiger partial charge >= 0.3 is 0 Å². The van der Waals surface area contributed by atoms with E-state index in [4.69, 9.17) is 22.1 Å². The van der Waals surface area contributed by atoms with Gasteiger partial charge in [0.05, 0.1) is 4.34 Å². The van der Waals surface area contributed by atoms with Crippen molar-refractivity contribution < 1.29 is 4.74 Å². The first-order valence-electron chi connectivity index (χ1n) is 3.47. The molecule has 1 atom stereocenters. The fourth-order valence-corrected chi connectivity index (χ4v) is 2.13. The molecule has 0 amide bonds. The fraction of sp³-hybridized carbons (Fsp3) is 0.286. The van der Waals surface area contributed by atoms with Crippen molar-refractivity contribution in [2.24, 2.45) is 10.7 Å². The Kier molecular flexibility index (Phi) is 1.94. The second kappa shape index (κ2) is 2.95. The molecule has 0 radical (unpaired) electrons. The van der Waals surface area contributed by atoms with Gasteiger partial charge in [0, 0.05) is 4.88 Å². The van der Waals surface area contributed by atoms with E-state index in [1.165, 1.54) is 11.3 Å². The summed E-state index contributed by atoms with van der Waals surface area (Å²) in [7, 11) is 0. The van der Waals surface area contributed by atoms with Crippen LogP contribution in [0.3, 0.4) is 0 Å². The maximum Gasteiger partial charge on any atom is 0.282 e. The smallest absolute Gasteiger partial charge is 0.282 e. The lowest BCUT2D eigenvalue weighted by atomic mass is 10.3. The Morgan fingerprint density at radius 3 is 3.00 bits per heavy atom. The first-order chi connectivity index (χ1) is 5.75. The van der Waals surface area contributed by atoms with Crippen LogP contribution in [0.15, 0.2) is 17.1 Å². The number of hydrogen-bond acceptors (Lipinski definition) is 4. The molecule has 2 rings (SSSR count). The van der Waals surface area contributed by atoms with Crippen LogP contribution in [0.5, 0.6) is 0 Å². The van der Waals surface area contributed by atoms with Crippen molar-refractivity contribution in [1.82, 2.24) is 0 Å². The normalized spacial score (nSPS) is 22.1. The standard InChI is InChI=1S/C7H7ClN2OS/c8-6-2-1-5(12-6)4-3-11-7(9)10-4/h1-2,4H,3H2,(H2,9,10). The molecule has 3 nitrogen and oxygen atoms in total. The largest absolute Gasteiger partial charge is 0.463 e. The second-order valence-electron chi connectivity index (χ2n) is 2.44. The molecule has 1 aliphatic heterocycles. The molecule has 0 bridgehead atoms. The summed E-state index contributed by atoms with van der Waals surface area (Å²) in [6, 6.07) is 4.11. The SMILES string of the molecule is NC1=NC(c2ccc(Cl)s2)CO1. The van der Waals surface area contributed by atoms with Gasteiger partial charge in [-0.1, -0.05) is 11.6 Å². The van der Waals surface area contributed by atoms with Crippen molar-refractivity contribution in [2.45, 2.75) is 6.04 Å². The predicted molar refractivity (Wildman–Crippen MR) is 49.6 cm³/mol. The average Bonchev–Trinajstić information content (AvgIpc) is 2.58. The summed E-state index contributed by atoms with van der Waals surface area (Å²) in [4.78, 5) is 5.19. The van der Waals surface area contributed by atoms with E-state index < -0.39 is 0 Å². The van der Waals surface area contributed by atoms with Gasteiger partial charge in [0.2, 0.25) is 0 Å². The van der Waals surface area contributed by atoms with E-state index in [2.05, 4.69) is 4.99 Å². The topological polar surface area (TPSA) is 47.6 Å². The Hall–Kier alpha value is -0.740. The number of amidine groups is 1. The highest BCUT2D eigenvalue weighted by molar-refractivity contribution is 7.16. The van der Waals surface area contributed by atoms with E-state index in [-0.39, 0.29) is 12.1 Å². The summed E-state index contributed by atoms with van der Waals surface area (Å²) in [5.41, 5.74) is 5.37. The third kappa shape index (κ3) is 1.40. The van der Waals surface area contributed by atoms with Gasteiger partial charge in [-0.05, 0) is 12.1 Å². The highest BCUT2D eigenvalue weighted by Gasteiger charge is 2.19. The van der Waals surface area contributed by atoms with E-state index in [1.807, 2.05) is 12.1 Å². The van der Waals surface area contributed by atoms with Crippen LogP contribution in [-0.2, 0) is 4.74 Å². The maximum atomic E-state index is 5.77. The monoisotopic (exact) mass is 202 g/mol. The summed E-state index contributed by atoms with van der Waals surface area (Å²) in [5, 5.41) is 0. The van der Waals surface area contributed by atoms with Crippen LogP contribution in [0, 0.1) is 0 Å². The van der Waals surface area contributed by atoms with Crippen molar-refractivity contribution >= 4 is 29.0 Å². The zero-order valence-electron chi connectivity index (χ0n) is 6.16. The number of thiophene rings is 1. The first-order valence-corrected chi connectivity index (χ1v) is 4.66. The van der Waals surface area contributed by atoms with Crippen LogP contribution in [0.2, 0.25) is 4.34 Å². The Morgan fingerprint density at radius 1 is 1.67 bits per heavy atom. The summed E-state index contributed by atoms with van der Waals surface area (Å²) >= 11 is 7.28. The van der Waals surface area contributed by atoms with E-state index in [9.17, 15) is 0 Å². The van der Waals surface area contributed by atoms with Crippen LogP contribution < -0.4 is 5.73 Å². The number of aliphatic imine (C=N–C) groups is 1. The molecule has 1 aromatic rings. The molecule has 0 fully saturated rings. The zero-order valence-corrected chi connectivity index (χ0v) is 7.73. The van der Waals surface area contributed by atoms with E-state index in [1.54, 1.807) is 0 Å². The Bertz CT molecular complexity index is 323. The predicted octanol–water partition coefficient (Wildman–Crippen LogP) is 1.79.